The van der Waals surface area contributed by atoms with E-state index in [0.29, 0.717) is 12.6 Å². The third-order valence-electron chi connectivity index (χ3n) is 2.61. The summed E-state index contributed by atoms with van der Waals surface area (Å²) in [5, 5.41) is 11.4. The molecular formula is C13H23IN4O2S. The number of nitrogens with two attached hydrogens (primary N) is 1. The summed E-state index contributed by atoms with van der Waals surface area (Å²) in [5.74, 6) is 0.751. The predicted octanol–water partition coefficient (Wildman–Crippen LogP) is 1.07. The Hall–Kier alpha value is -0.870. The molecule has 1 rings (SSSR count). The van der Waals surface area contributed by atoms with Gasteiger partial charge in [-0.1, -0.05) is 12.1 Å². The molecule has 120 valence electrons. The van der Waals surface area contributed by atoms with Gasteiger partial charge < -0.3 is 10.6 Å². The fraction of sp³-hybridized carbons (Fsp3) is 0.462. The maximum atomic E-state index is 11.1. The maximum absolute atomic E-state index is 11.1. The molecule has 0 heterocycles. The average molecular weight is 426 g/mol. The van der Waals surface area contributed by atoms with Crippen LogP contribution in [-0.4, -0.2) is 34.0 Å². The highest BCUT2D eigenvalue weighted by Crippen LogP contribution is 2.08. The van der Waals surface area contributed by atoms with Gasteiger partial charge in [0.25, 0.3) is 0 Å². The Balaban J connectivity index is 0.00000400. The lowest BCUT2D eigenvalue weighted by atomic mass is 10.1. The van der Waals surface area contributed by atoms with Gasteiger partial charge in [-0.05, 0) is 38.0 Å². The number of sulfonamides is 1. The number of nitrogens with one attached hydrogen (secondary N) is 2. The van der Waals surface area contributed by atoms with Gasteiger partial charge in [-0.3, -0.25) is 4.99 Å². The Morgan fingerprint density at radius 2 is 1.86 bits per heavy atom. The van der Waals surface area contributed by atoms with Crippen LogP contribution in [0.25, 0.3) is 0 Å². The molecule has 0 saturated heterocycles. The summed E-state index contributed by atoms with van der Waals surface area (Å²) in [6, 6.07) is 6.88. The number of hydrogen-bond acceptors (Lipinski definition) is 3. The van der Waals surface area contributed by atoms with Crippen LogP contribution in [0.5, 0.6) is 0 Å². The molecule has 0 aliphatic heterocycles. The van der Waals surface area contributed by atoms with Crippen LogP contribution in [0.4, 0.5) is 0 Å². The first-order chi connectivity index (χ1) is 9.32. The van der Waals surface area contributed by atoms with Crippen molar-refractivity contribution in [2.75, 3.05) is 13.6 Å². The molecule has 4 N–H and O–H groups in total. The van der Waals surface area contributed by atoms with Crippen LogP contribution in [0.2, 0.25) is 0 Å². The molecule has 0 aromatic heterocycles. The number of guanidine groups is 1. The molecule has 0 unspecified atom stereocenters. The van der Waals surface area contributed by atoms with Crippen molar-refractivity contribution >= 4 is 40.0 Å². The number of nitrogens with zero attached hydrogens (tertiary/aromatic N) is 1. The van der Waals surface area contributed by atoms with Crippen LogP contribution >= 0.6 is 24.0 Å². The van der Waals surface area contributed by atoms with E-state index in [4.69, 9.17) is 5.14 Å². The van der Waals surface area contributed by atoms with E-state index in [1.165, 1.54) is 12.1 Å². The Morgan fingerprint density at radius 3 is 2.29 bits per heavy atom. The van der Waals surface area contributed by atoms with Crippen molar-refractivity contribution in [1.29, 1.82) is 0 Å². The molecule has 1 aromatic rings. The Kier molecular flexibility index (Phi) is 8.83. The van der Waals surface area contributed by atoms with Crippen molar-refractivity contribution in [2.24, 2.45) is 10.1 Å². The highest BCUT2D eigenvalue weighted by Gasteiger charge is 2.06. The Morgan fingerprint density at radius 1 is 1.29 bits per heavy atom. The molecule has 0 aliphatic carbocycles. The lowest BCUT2D eigenvalue weighted by Gasteiger charge is -2.14. The molecule has 0 radical (unpaired) electrons. The monoisotopic (exact) mass is 426 g/mol. The first-order valence-electron chi connectivity index (χ1n) is 6.42. The molecule has 21 heavy (non-hydrogen) atoms. The molecular weight excluding hydrogens is 403 g/mol. The van der Waals surface area contributed by atoms with E-state index in [-0.39, 0.29) is 28.9 Å². The maximum Gasteiger partial charge on any atom is 0.238 e. The van der Waals surface area contributed by atoms with E-state index in [1.54, 1.807) is 19.2 Å². The van der Waals surface area contributed by atoms with E-state index in [2.05, 4.69) is 15.6 Å². The molecule has 0 amide bonds. The zero-order valence-corrected chi connectivity index (χ0v) is 15.6. The van der Waals surface area contributed by atoms with Crippen LogP contribution in [0.15, 0.2) is 34.2 Å². The summed E-state index contributed by atoms with van der Waals surface area (Å²) < 4.78 is 22.3. The van der Waals surface area contributed by atoms with Crippen LogP contribution in [0.3, 0.4) is 0 Å². The van der Waals surface area contributed by atoms with Crippen LogP contribution in [0.1, 0.15) is 19.4 Å². The van der Waals surface area contributed by atoms with E-state index >= 15 is 0 Å². The van der Waals surface area contributed by atoms with Crippen molar-refractivity contribution in [2.45, 2.75) is 31.2 Å². The van der Waals surface area contributed by atoms with Gasteiger partial charge in [0, 0.05) is 19.6 Å². The highest BCUT2D eigenvalue weighted by molar-refractivity contribution is 14.0. The molecule has 0 aliphatic rings. The van der Waals surface area contributed by atoms with Crippen molar-refractivity contribution in [3.05, 3.63) is 29.8 Å². The molecule has 6 nitrogen and oxygen atoms in total. The summed E-state index contributed by atoms with van der Waals surface area (Å²) in [5.41, 5.74) is 1.03. The van der Waals surface area contributed by atoms with Crippen LogP contribution < -0.4 is 15.8 Å². The lowest BCUT2D eigenvalue weighted by molar-refractivity contribution is 0.598. The third-order valence-corrected chi connectivity index (χ3v) is 3.54. The highest BCUT2D eigenvalue weighted by atomic mass is 127. The average Bonchev–Trinajstić information content (AvgIpc) is 2.36. The first kappa shape index (κ1) is 20.1. The summed E-state index contributed by atoms with van der Waals surface area (Å²) in [6.45, 7) is 4.79. The molecule has 8 heteroatoms. The summed E-state index contributed by atoms with van der Waals surface area (Å²) in [4.78, 5) is 4.24. The minimum Gasteiger partial charge on any atom is -0.356 e. The van der Waals surface area contributed by atoms with Gasteiger partial charge in [0.05, 0.1) is 4.90 Å². The number of benzene rings is 1. The van der Waals surface area contributed by atoms with Crippen LogP contribution in [-0.2, 0) is 16.4 Å². The minimum absolute atomic E-state index is 0. The van der Waals surface area contributed by atoms with Crippen molar-refractivity contribution in [3.8, 4) is 0 Å². The van der Waals surface area contributed by atoms with Gasteiger partial charge >= 0.3 is 0 Å². The van der Waals surface area contributed by atoms with Crippen molar-refractivity contribution in [1.82, 2.24) is 10.6 Å². The predicted molar refractivity (Wildman–Crippen MR) is 96.6 cm³/mol. The van der Waals surface area contributed by atoms with E-state index in [1.807, 2.05) is 13.8 Å². The van der Waals surface area contributed by atoms with Crippen molar-refractivity contribution in [3.63, 3.8) is 0 Å². The molecule has 0 atom stereocenters. The van der Waals surface area contributed by atoms with Gasteiger partial charge in [-0.25, -0.2) is 13.6 Å². The zero-order valence-electron chi connectivity index (χ0n) is 12.5. The van der Waals surface area contributed by atoms with Gasteiger partial charge in [-0.2, -0.15) is 0 Å². The summed E-state index contributed by atoms with van der Waals surface area (Å²) in [7, 11) is -1.89. The number of aliphatic imine (C=N–C) groups is 1. The van der Waals surface area contributed by atoms with Gasteiger partial charge in [0.1, 0.15) is 0 Å². The lowest BCUT2D eigenvalue weighted by Crippen LogP contribution is -2.41. The van der Waals surface area contributed by atoms with E-state index in [0.717, 1.165) is 17.9 Å². The molecule has 0 fully saturated rings. The molecule has 0 saturated carbocycles. The largest absolute Gasteiger partial charge is 0.356 e. The van der Waals surface area contributed by atoms with Crippen molar-refractivity contribution < 1.29 is 8.42 Å². The summed E-state index contributed by atoms with van der Waals surface area (Å²) >= 11 is 0. The fourth-order valence-electron chi connectivity index (χ4n) is 1.64. The smallest absolute Gasteiger partial charge is 0.238 e. The number of primary sulfonamides is 1. The number of rotatable bonds is 5. The third kappa shape index (κ3) is 7.63. The minimum atomic E-state index is -3.62. The zero-order chi connectivity index (χ0) is 15.2. The number of halogens is 1. The fourth-order valence-corrected chi connectivity index (χ4v) is 2.15. The quantitative estimate of drug-likeness (QED) is 0.373. The first-order valence-corrected chi connectivity index (χ1v) is 7.96. The van der Waals surface area contributed by atoms with E-state index < -0.39 is 10.0 Å². The van der Waals surface area contributed by atoms with E-state index in [9.17, 15) is 8.42 Å². The molecule has 1 aromatic carbocycles. The number of hydrogen-bond donors (Lipinski definition) is 3. The topological polar surface area (TPSA) is 96.6 Å². The molecule has 0 bridgehead atoms. The SMILES string of the molecule is CN=C(NCCc1ccc(S(N)(=O)=O)cc1)NC(C)C.I. The second kappa shape index (κ2) is 9.21. The van der Waals surface area contributed by atoms with Crippen LogP contribution in [0, 0.1) is 0 Å². The Labute approximate surface area is 143 Å². The van der Waals surface area contributed by atoms with Gasteiger partial charge in [0.2, 0.25) is 10.0 Å². The normalized spacial score (nSPS) is 12.0. The molecule has 0 spiro atoms. The second-order valence-corrected chi connectivity index (χ2v) is 6.30. The standard InChI is InChI=1S/C13H22N4O2S.HI/c1-10(2)17-13(15-3)16-9-8-11-4-6-12(7-5-11)20(14,18)19;/h4-7,10H,8-9H2,1-3H3,(H2,14,18,19)(H2,15,16,17);1H. The van der Waals surface area contributed by atoms with Gasteiger partial charge in [-0.15, -0.1) is 24.0 Å². The Bertz CT molecular complexity index is 556. The summed E-state index contributed by atoms with van der Waals surface area (Å²) in [6.07, 6.45) is 0.768. The van der Waals surface area contributed by atoms with Gasteiger partial charge in [0.15, 0.2) is 5.96 Å². The second-order valence-electron chi connectivity index (χ2n) is 4.74.